The number of aromatic nitrogens is 2. The maximum atomic E-state index is 12.6. The predicted molar refractivity (Wildman–Crippen MR) is 125 cm³/mol. The highest BCUT2D eigenvalue weighted by molar-refractivity contribution is 5.97. The monoisotopic (exact) mass is 453 g/mol. The van der Waals surface area contributed by atoms with Crippen LogP contribution in [0.4, 0.5) is 5.69 Å². The van der Waals surface area contributed by atoms with Crippen molar-refractivity contribution in [3.63, 3.8) is 0 Å². The van der Waals surface area contributed by atoms with Crippen molar-refractivity contribution in [2.45, 2.75) is 6.92 Å². The Kier molecular flexibility index (Phi) is 5.61. The number of aryl methyl sites for hydroxylation is 1. The van der Waals surface area contributed by atoms with Gasteiger partial charge in [-0.25, -0.2) is 14.8 Å². The summed E-state index contributed by atoms with van der Waals surface area (Å²) in [5.74, 6) is -0.00835. The van der Waals surface area contributed by atoms with E-state index < -0.39 is 18.5 Å². The number of carbonyl (C=O) groups excluding carboxylic acids is 2. The lowest BCUT2D eigenvalue weighted by Gasteiger charge is -2.09. The molecule has 5 aromatic rings. The third-order valence-electron chi connectivity index (χ3n) is 5.05. The Morgan fingerprint density at radius 1 is 0.853 bits per heavy atom. The first-order valence-corrected chi connectivity index (χ1v) is 10.5. The second-order valence-corrected chi connectivity index (χ2v) is 7.57. The van der Waals surface area contributed by atoms with E-state index in [0.717, 1.165) is 5.56 Å². The van der Waals surface area contributed by atoms with E-state index in [9.17, 15) is 9.59 Å². The van der Waals surface area contributed by atoms with Crippen LogP contribution in [0.5, 0.6) is 0 Å². The minimum absolute atomic E-state index is 0.251. The lowest BCUT2D eigenvalue weighted by atomic mass is 10.1. The molecule has 168 valence electrons. The molecule has 1 N–H and O–H groups in total. The summed E-state index contributed by atoms with van der Waals surface area (Å²) in [4.78, 5) is 34.1. The van der Waals surface area contributed by atoms with Crippen LogP contribution < -0.4 is 5.32 Å². The second-order valence-electron chi connectivity index (χ2n) is 7.57. The Bertz CT molecular complexity index is 1470. The van der Waals surface area contributed by atoms with E-state index in [2.05, 4.69) is 15.3 Å². The first kappa shape index (κ1) is 21.1. The molecule has 5 rings (SSSR count). The molecular weight excluding hydrogens is 434 g/mol. The van der Waals surface area contributed by atoms with Crippen LogP contribution in [-0.2, 0) is 9.53 Å². The van der Waals surface area contributed by atoms with Gasteiger partial charge in [-0.05, 0) is 67.1 Å². The molecule has 2 aromatic carbocycles. The molecule has 3 heterocycles. The van der Waals surface area contributed by atoms with Gasteiger partial charge in [0.15, 0.2) is 18.1 Å². The van der Waals surface area contributed by atoms with Gasteiger partial charge in [-0.2, -0.15) is 0 Å². The van der Waals surface area contributed by atoms with E-state index in [0.29, 0.717) is 39.6 Å². The molecule has 0 spiro atoms. The smallest absolute Gasteiger partial charge is 0.338 e. The lowest BCUT2D eigenvalue weighted by molar-refractivity contribution is -0.119. The van der Waals surface area contributed by atoms with Crippen LogP contribution in [0, 0.1) is 6.92 Å². The maximum absolute atomic E-state index is 12.6. The maximum Gasteiger partial charge on any atom is 0.338 e. The normalized spacial score (nSPS) is 10.9. The number of benzene rings is 2. The number of rotatable bonds is 6. The molecule has 1 amide bonds. The van der Waals surface area contributed by atoms with Gasteiger partial charge in [0.05, 0.1) is 29.1 Å². The molecule has 0 aliphatic carbocycles. The minimum Gasteiger partial charge on any atom is -0.463 e. The number of furan rings is 2. The van der Waals surface area contributed by atoms with Crippen molar-refractivity contribution in [3.05, 3.63) is 90.4 Å². The second kappa shape index (κ2) is 9.03. The molecule has 0 bridgehead atoms. The van der Waals surface area contributed by atoms with E-state index >= 15 is 0 Å². The minimum atomic E-state index is -0.641. The van der Waals surface area contributed by atoms with Crippen molar-refractivity contribution in [1.82, 2.24) is 9.97 Å². The molecule has 0 aliphatic rings. The summed E-state index contributed by atoms with van der Waals surface area (Å²) >= 11 is 0. The topological polar surface area (TPSA) is 107 Å². The van der Waals surface area contributed by atoms with Gasteiger partial charge in [0, 0.05) is 5.69 Å². The summed E-state index contributed by atoms with van der Waals surface area (Å²) in [5, 5.41) is 2.70. The highest BCUT2D eigenvalue weighted by atomic mass is 16.5. The average molecular weight is 453 g/mol. The summed E-state index contributed by atoms with van der Waals surface area (Å²) in [7, 11) is 0. The first-order chi connectivity index (χ1) is 16.6. The number of nitrogens with zero attached hydrogens (tertiary/aromatic N) is 2. The summed E-state index contributed by atoms with van der Waals surface area (Å²) in [5.41, 5.74) is 3.94. The molecule has 0 aliphatic heterocycles. The van der Waals surface area contributed by atoms with Gasteiger partial charge in [-0.3, -0.25) is 4.79 Å². The van der Waals surface area contributed by atoms with Gasteiger partial charge < -0.3 is 18.9 Å². The molecule has 0 saturated heterocycles. The van der Waals surface area contributed by atoms with Gasteiger partial charge >= 0.3 is 5.97 Å². The molecule has 0 saturated carbocycles. The number of fused-ring (bicyclic) bond motifs is 1. The fraction of sp³-hybridized carbons (Fsp3) is 0.0769. The van der Waals surface area contributed by atoms with Crippen LogP contribution in [0.25, 0.3) is 33.9 Å². The summed E-state index contributed by atoms with van der Waals surface area (Å²) in [6.45, 7) is 1.51. The number of anilines is 1. The van der Waals surface area contributed by atoms with Crippen LogP contribution in [0.2, 0.25) is 0 Å². The lowest BCUT2D eigenvalue weighted by Crippen LogP contribution is -2.21. The van der Waals surface area contributed by atoms with Crippen LogP contribution in [0.1, 0.15) is 15.9 Å². The average Bonchev–Trinajstić information content (AvgIpc) is 3.56. The van der Waals surface area contributed by atoms with Crippen molar-refractivity contribution in [3.8, 4) is 22.9 Å². The Morgan fingerprint density at radius 3 is 2.21 bits per heavy atom. The van der Waals surface area contributed by atoms with E-state index in [1.807, 2.05) is 25.1 Å². The van der Waals surface area contributed by atoms with Crippen molar-refractivity contribution < 1.29 is 23.2 Å². The fourth-order valence-electron chi connectivity index (χ4n) is 3.49. The van der Waals surface area contributed by atoms with Crippen molar-refractivity contribution in [2.24, 2.45) is 0 Å². The molecule has 3 aromatic heterocycles. The Morgan fingerprint density at radius 2 is 1.56 bits per heavy atom. The van der Waals surface area contributed by atoms with E-state index in [1.54, 1.807) is 61.1 Å². The van der Waals surface area contributed by atoms with Crippen molar-refractivity contribution in [1.29, 1.82) is 0 Å². The number of nitrogens with one attached hydrogen (secondary N) is 1. The summed E-state index contributed by atoms with van der Waals surface area (Å²) in [6, 6.07) is 19.3. The van der Waals surface area contributed by atoms with Gasteiger partial charge in [-0.1, -0.05) is 12.1 Å². The van der Waals surface area contributed by atoms with Crippen molar-refractivity contribution >= 4 is 28.6 Å². The molecule has 8 nitrogen and oxygen atoms in total. The highest BCUT2D eigenvalue weighted by Crippen LogP contribution is 2.31. The van der Waals surface area contributed by atoms with Gasteiger partial charge in [0.2, 0.25) is 0 Å². The Labute approximate surface area is 194 Å². The molecule has 0 atom stereocenters. The molecule has 8 heteroatoms. The van der Waals surface area contributed by atoms with Gasteiger partial charge in [-0.15, -0.1) is 0 Å². The number of esters is 1. The number of ether oxygens (including phenoxy) is 1. The quantitative estimate of drug-likeness (QED) is 0.350. The molecule has 0 unspecified atom stereocenters. The zero-order valence-corrected chi connectivity index (χ0v) is 18.1. The Balaban J connectivity index is 1.37. The number of hydrogen-bond donors (Lipinski definition) is 1. The molecular formula is C26H19N3O5. The van der Waals surface area contributed by atoms with Crippen molar-refractivity contribution in [2.75, 3.05) is 11.9 Å². The molecule has 0 fully saturated rings. The number of carbonyl (C=O) groups is 2. The van der Waals surface area contributed by atoms with Crippen LogP contribution in [0.3, 0.4) is 0 Å². The van der Waals surface area contributed by atoms with Crippen LogP contribution in [-0.4, -0.2) is 28.5 Å². The van der Waals surface area contributed by atoms with E-state index in [4.69, 9.17) is 13.6 Å². The third-order valence-corrected chi connectivity index (χ3v) is 5.05. The van der Waals surface area contributed by atoms with Crippen LogP contribution in [0.15, 0.2) is 88.1 Å². The fourth-order valence-corrected chi connectivity index (χ4v) is 3.49. The number of hydrogen-bond acceptors (Lipinski definition) is 7. The zero-order chi connectivity index (χ0) is 23.5. The van der Waals surface area contributed by atoms with E-state index in [1.165, 1.54) is 0 Å². The highest BCUT2D eigenvalue weighted by Gasteiger charge is 2.18. The molecule has 34 heavy (non-hydrogen) atoms. The van der Waals surface area contributed by atoms with E-state index in [-0.39, 0.29) is 5.56 Å². The number of amides is 1. The Hall–Kier alpha value is -4.72. The molecule has 0 radical (unpaired) electrons. The summed E-state index contributed by atoms with van der Waals surface area (Å²) in [6.07, 6.45) is 3.10. The zero-order valence-electron chi connectivity index (χ0n) is 18.1. The summed E-state index contributed by atoms with van der Waals surface area (Å²) < 4.78 is 16.2. The van der Waals surface area contributed by atoms with Gasteiger partial charge in [0.1, 0.15) is 11.4 Å². The standard InChI is InChI=1S/C26H19N3O5/c1-16-5-2-6-18(13-16)27-23(30)15-34-26(31)17-9-10-19-20(14-17)29-25(22-8-4-12-33-22)24(28-19)21-7-3-11-32-21/h2-14H,15H2,1H3,(H,27,30). The third kappa shape index (κ3) is 4.42. The van der Waals surface area contributed by atoms with Crippen LogP contribution >= 0.6 is 0 Å². The largest absolute Gasteiger partial charge is 0.463 e. The first-order valence-electron chi connectivity index (χ1n) is 10.5. The predicted octanol–water partition coefficient (Wildman–Crippen LogP) is 5.25. The SMILES string of the molecule is Cc1cccc(NC(=O)COC(=O)c2ccc3nc(-c4ccco4)c(-c4ccco4)nc3c2)c1. The van der Waals surface area contributed by atoms with Gasteiger partial charge in [0.25, 0.3) is 5.91 Å².